The first-order valence-electron chi connectivity index (χ1n) is 4.31. The molecule has 0 atom stereocenters. The van der Waals surface area contributed by atoms with Gasteiger partial charge in [-0.25, -0.2) is 0 Å². The number of nitrogens with zero attached hydrogens (tertiary/aromatic N) is 1. The van der Waals surface area contributed by atoms with E-state index < -0.39 is 0 Å². The Labute approximate surface area is 96.5 Å². The standard InChI is InChI=1S/C12H8IN/c1-8-11-6-9(7-14)2-3-10(11)4-5-12(8)13/h2-6H,1H3. The van der Waals surface area contributed by atoms with Gasteiger partial charge in [0.05, 0.1) is 11.6 Å². The Morgan fingerprint density at radius 1 is 1.21 bits per heavy atom. The molecule has 68 valence electrons. The van der Waals surface area contributed by atoms with E-state index in [-0.39, 0.29) is 0 Å². The first-order valence-corrected chi connectivity index (χ1v) is 5.39. The molecule has 0 N–H and O–H groups in total. The van der Waals surface area contributed by atoms with E-state index in [1.165, 1.54) is 19.9 Å². The molecule has 0 aliphatic heterocycles. The highest BCUT2D eigenvalue weighted by Crippen LogP contribution is 2.23. The highest BCUT2D eigenvalue weighted by atomic mass is 127. The SMILES string of the molecule is Cc1c(I)ccc2ccc(C#N)cc12. The zero-order valence-corrected chi connectivity index (χ0v) is 9.87. The van der Waals surface area contributed by atoms with Crippen LogP contribution in [0.15, 0.2) is 30.3 Å². The van der Waals surface area contributed by atoms with Gasteiger partial charge in [0, 0.05) is 3.57 Å². The van der Waals surface area contributed by atoms with Gasteiger partial charge in [0.2, 0.25) is 0 Å². The molecule has 0 saturated carbocycles. The van der Waals surface area contributed by atoms with E-state index in [0.717, 1.165) is 5.56 Å². The number of hydrogen-bond donors (Lipinski definition) is 0. The lowest BCUT2D eigenvalue weighted by atomic mass is 10.0. The Morgan fingerprint density at radius 2 is 1.93 bits per heavy atom. The first kappa shape index (κ1) is 9.47. The molecule has 0 radical (unpaired) electrons. The van der Waals surface area contributed by atoms with Crippen molar-refractivity contribution >= 4 is 33.4 Å². The van der Waals surface area contributed by atoms with E-state index in [1.807, 2.05) is 18.2 Å². The van der Waals surface area contributed by atoms with Gasteiger partial charge in [0.15, 0.2) is 0 Å². The summed E-state index contributed by atoms with van der Waals surface area (Å²) in [5, 5.41) is 11.2. The molecular weight excluding hydrogens is 285 g/mol. The zero-order valence-electron chi connectivity index (χ0n) is 7.71. The van der Waals surface area contributed by atoms with E-state index in [0.29, 0.717) is 0 Å². The van der Waals surface area contributed by atoms with E-state index in [4.69, 9.17) is 5.26 Å². The molecule has 0 bridgehead atoms. The van der Waals surface area contributed by atoms with E-state index in [1.54, 1.807) is 0 Å². The number of benzene rings is 2. The van der Waals surface area contributed by atoms with Crippen molar-refractivity contribution in [1.82, 2.24) is 0 Å². The zero-order chi connectivity index (χ0) is 10.1. The van der Waals surface area contributed by atoms with Crippen LogP contribution in [0, 0.1) is 21.8 Å². The van der Waals surface area contributed by atoms with Crippen LogP contribution in [0.4, 0.5) is 0 Å². The highest BCUT2D eigenvalue weighted by Gasteiger charge is 2.01. The lowest BCUT2D eigenvalue weighted by Crippen LogP contribution is -1.84. The van der Waals surface area contributed by atoms with Gasteiger partial charge in [0.25, 0.3) is 0 Å². The molecule has 0 aliphatic rings. The quantitative estimate of drug-likeness (QED) is 0.680. The maximum Gasteiger partial charge on any atom is 0.0991 e. The number of nitriles is 1. The molecule has 0 aromatic heterocycles. The smallest absolute Gasteiger partial charge is 0.0991 e. The Morgan fingerprint density at radius 3 is 2.64 bits per heavy atom. The Hall–Kier alpha value is -1.08. The van der Waals surface area contributed by atoms with Crippen molar-refractivity contribution in [2.45, 2.75) is 6.92 Å². The van der Waals surface area contributed by atoms with Crippen LogP contribution in [0.2, 0.25) is 0 Å². The number of hydrogen-bond acceptors (Lipinski definition) is 1. The lowest BCUT2D eigenvalue weighted by Gasteiger charge is -2.04. The van der Waals surface area contributed by atoms with Crippen molar-refractivity contribution in [3.8, 4) is 6.07 Å². The third-order valence-electron chi connectivity index (χ3n) is 2.35. The second-order valence-electron chi connectivity index (χ2n) is 3.22. The summed E-state index contributed by atoms with van der Waals surface area (Å²) < 4.78 is 1.24. The summed E-state index contributed by atoms with van der Waals surface area (Å²) in [5.74, 6) is 0. The average Bonchev–Trinajstić information content (AvgIpc) is 2.23. The van der Waals surface area contributed by atoms with Gasteiger partial charge in [0.1, 0.15) is 0 Å². The van der Waals surface area contributed by atoms with Gasteiger partial charge >= 0.3 is 0 Å². The van der Waals surface area contributed by atoms with Crippen molar-refractivity contribution < 1.29 is 0 Å². The van der Waals surface area contributed by atoms with Crippen LogP contribution in [0.1, 0.15) is 11.1 Å². The fourth-order valence-electron chi connectivity index (χ4n) is 1.51. The average molecular weight is 293 g/mol. The van der Waals surface area contributed by atoms with Gasteiger partial charge in [-0.2, -0.15) is 5.26 Å². The molecule has 2 aromatic carbocycles. The van der Waals surface area contributed by atoms with Gasteiger partial charge in [-0.3, -0.25) is 0 Å². The normalized spacial score (nSPS) is 10.1. The molecular formula is C12H8IN. The Bertz CT molecular complexity index is 538. The molecule has 2 aromatic rings. The van der Waals surface area contributed by atoms with E-state index in [2.05, 4.69) is 47.7 Å². The van der Waals surface area contributed by atoms with Crippen molar-refractivity contribution in [2.75, 3.05) is 0 Å². The highest BCUT2D eigenvalue weighted by molar-refractivity contribution is 14.1. The molecule has 0 spiro atoms. The van der Waals surface area contributed by atoms with Crippen molar-refractivity contribution in [3.63, 3.8) is 0 Å². The Kier molecular flexibility index (Phi) is 2.42. The number of fused-ring (bicyclic) bond motifs is 1. The minimum absolute atomic E-state index is 0.725. The summed E-state index contributed by atoms with van der Waals surface area (Å²) in [7, 11) is 0. The van der Waals surface area contributed by atoms with Crippen LogP contribution >= 0.6 is 22.6 Å². The number of halogens is 1. The summed E-state index contributed by atoms with van der Waals surface area (Å²) in [6.45, 7) is 2.09. The molecule has 2 heteroatoms. The molecule has 0 saturated heterocycles. The maximum absolute atomic E-state index is 8.81. The third-order valence-corrected chi connectivity index (χ3v) is 3.52. The van der Waals surface area contributed by atoms with Gasteiger partial charge in [-0.15, -0.1) is 0 Å². The third kappa shape index (κ3) is 1.48. The largest absolute Gasteiger partial charge is 0.192 e. The van der Waals surface area contributed by atoms with Crippen LogP contribution in [0.3, 0.4) is 0 Å². The van der Waals surface area contributed by atoms with Crippen LogP contribution in [0.25, 0.3) is 10.8 Å². The summed E-state index contributed by atoms with van der Waals surface area (Å²) in [4.78, 5) is 0. The molecule has 0 fully saturated rings. The van der Waals surface area contributed by atoms with Crippen LogP contribution in [-0.4, -0.2) is 0 Å². The second-order valence-corrected chi connectivity index (χ2v) is 4.38. The van der Waals surface area contributed by atoms with Gasteiger partial charge in [-0.05, 0) is 64.0 Å². The summed E-state index contributed by atoms with van der Waals surface area (Å²) in [6, 6.07) is 12.2. The van der Waals surface area contributed by atoms with E-state index >= 15 is 0 Å². The predicted octanol–water partition coefficient (Wildman–Crippen LogP) is 3.62. The van der Waals surface area contributed by atoms with Crippen molar-refractivity contribution in [1.29, 1.82) is 5.26 Å². The van der Waals surface area contributed by atoms with Gasteiger partial charge < -0.3 is 0 Å². The minimum Gasteiger partial charge on any atom is -0.192 e. The molecule has 1 nitrogen and oxygen atoms in total. The summed E-state index contributed by atoms with van der Waals surface area (Å²) in [6.07, 6.45) is 0. The van der Waals surface area contributed by atoms with Crippen LogP contribution in [0.5, 0.6) is 0 Å². The molecule has 0 unspecified atom stereocenters. The number of rotatable bonds is 0. The second kappa shape index (κ2) is 3.58. The molecule has 2 rings (SSSR count). The number of aryl methyl sites for hydroxylation is 1. The maximum atomic E-state index is 8.81. The lowest BCUT2D eigenvalue weighted by molar-refractivity contribution is 1.46. The van der Waals surface area contributed by atoms with Gasteiger partial charge in [-0.1, -0.05) is 12.1 Å². The fourth-order valence-corrected chi connectivity index (χ4v) is 1.98. The monoisotopic (exact) mass is 293 g/mol. The van der Waals surface area contributed by atoms with Crippen LogP contribution < -0.4 is 0 Å². The summed E-state index contributed by atoms with van der Waals surface area (Å²) in [5.41, 5.74) is 1.97. The fraction of sp³-hybridized carbons (Fsp3) is 0.0833. The molecule has 0 amide bonds. The molecule has 14 heavy (non-hydrogen) atoms. The molecule has 0 aliphatic carbocycles. The summed E-state index contributed by atoms with van der Waals surface area (Å²) >= 11 is 2.31. The van der Waals surface area contributed by atoms with Crippen molar-refractivity contribution in [2.24, 2.45) is 0 Å². The topological polar surface area (TPSA) is 23.8 Å². The van der Waals surface area contributed by atoms with Crippen LogP contribution in [-0.2, 0) is 0 Å². The molecule has 0 heterocycles. The minimum atomic E-state index is 0.725. The first-order chi connectivity index (χ1) is 6.72. The van der Waals surface area contributed by atoms with E-state index in [9.17, 15) is 0 Å². The van der Waals surface area contributed by atoms with Crippen molar-refractivity contribution in [3.05, 3.63) is 45.0 Å². The Balaban J connectivity index is 2.86. The predicted molar refractivity (Wildman–Crippen MR) is 66.1 cm³/mol.